The summed E-state index contributed by atoms with van der Waals surface area (Å²) in [6, 6.07) is 0.535. The van der Waals surface area contributed by atoms with Gasteiger partial charge in [-0.15, -0.1) is 10.2 Å². The summed E-state index contributed by atoms with van der Waals surface area (Å²) in [7, 11) is 0. The molecule has 1 aliphatic carbocycles. The molecule has 0 aromatic carbocycles. The molecule has 0 bridgehead atoms. The lowest BCUT2D eigenvalue weighted by molar-refractivity contribution is 0.0701. The molecular formula is C15H27N3O2. The molecule has 1 heterocycles. The van der Waals surface area contributed by atoms with Gasteiger partial charge in [-0.25, -0.2) is 0 Å². The molecule has 1 saturated carbocycles. The molecule has 5 heteroatoms. The largest absolute Gasteiger partial charge is 0.424 e. The zero-order chi connectivity index (χ0) is 14.5. The summed E-state index contributed by atoms with van der Waals surface area (Å²) in [5, 5.41) is 17.9. The van der Waals surface area contributed by atoms with Gasteiger partial charge < -0.3 is 9.52 Å². The first-order chi connectivity index (χ1) is 9.56. The maximum absolute atomic E-state index is 9.72. The van der Waals surface area contributed by atoms with Crippen molar-refractivity contribution < 1.29 is 9.52 Å². The fraction of sp³-hybridized carbons (Fsp3) is 0.867. The number of hydrogen-bond donors (Lipinski definition) is 1. The van der Waals surface area contributed by atoms with Gasteiger partial charge in [0.05, 0.1) is 12.6 Å². The van der Waals surface area contributed by atoms with E-state index in [1.807, 2.05) is 20.8 Å². The predicted molar refractivity (Wildman–Crippen MR) is 77.4 cm³/mol. The van der Waals surface area contributed by atoms with E-state index in [1.165, 1.54) is 32.1 Å². The number of aromatic nitrogens is 2. The minimum Gasteiger partial charge on any atom is -0.424 e. The van der Waals surface area contributed by atoms with Gasteiger partial charge in [0.2, 0.25) is 11.8 Å². The first kappa shape index (κ1) is 15.4. The Hall–Kier alpha value is -0.940. The molecule has 1 fully saturated rings. The van der Waals surface area contributed by atoms with Crippen LogP contribution < -0.4 is 0 Å². The summed E-state index contributed by atoms with van der Waals surface area (Å²) in [5.41, 5.74) is 0. The molecular weight excluding hydrogens is 254 g/mol. The zero-order valence-corrected chi connectivity index (χ0v) is 12.9. The minimum atomic E-state index is -0.329. The highest BCUT2D eigenvalue weighted by Gasteiger charge is 2.24. The highest BCUT2D eigenvalue weighted by atomic mass is 16.4. The van der Waals surface area contributed by atoms with Gasteiger partial charge in [0, 0.05) is 18.5 Å². The Balaban J connectivity index is 2.01. The van der Waals surface area contributed by atoms with E-state index in [9.17, 15) is 5.11 Å². The topological polar surface area (TPSA) is 62.4 Å². The number of nitrogens with zero attached hydrogens (tertiary/aromatic N) is 3. The molecule has 0 saturated heterocycles. The first-order valence-electron chi connectivity index (χ1n) is 7.80. The van der Waals surface area contributed by atoms with Crippen molar-refractivity contribution in [2.75, 3.05) is 6.54 Å². The Labute approximate surface area is 121 Å². The van der Waals surface area contributed by atoms with Crippen molar-refractivity contribution in [1.82, 2.24) is 15.1 Å². The molecule has 1 aromatic heterocycles. The van der Waals surface area contributed by atoms with Gasteiger partial charge in [-0.3, -0.25) is 4.90 Å². The van der Waals surface area contributed by atoms with E-state index in [-0.39, 0.29) is 12.0 Å². The maximum atomic E-state index is 9.72. The van der Waals surface area contributed by atoms with Gasteiger partial charge in [0.15, 0.2) is 0 Å². The Morgan fingerprint density at radius 3 is 2.45 bits per heavy atom. The van der Waals surface area contributed by atoms with E-state index in [2.05, 4.69) is 15.1 Å². The highest BCUT2D eigenvalue weighted by Crippen LogP contribution is 2.24. The van der Waals surface area contributed by atoms with Crippen LogP contribution in [0.5, 0.6) is 0 Å². The number of aliphatic hydroxyl groups is 1. The molecule has 1 aromatic rings. The van der Waals surface area contributed by atoms with Crippen molar-refractivity contribution in [3.63, 3.8) is 0 Å². The van der Waals surface area contributed by atoms with Crippen LogP contribution in [0.25, 0.3) is 0 Å². The molecule has 1 aliphatic rings. The van der Waals surface area contributed by atoms with Gasteiger partial charge in [-0.1, -0.05) is 33.1 Å². The first-order valence-corrected chi connectivity index (χ1v) is 7.80. The molecule has 1 unspecified atom stereocenters. The van der Waals surface area contributed by atoms with E-state index < -0.39 is 0 Å². The Bertz CT molecular complexity index is 398. The summed E-state index contributed by atoms with van der Waals surface area (Å²) < 4.78 is 5.70. The molecule has 1 atom stereocenters. The van der Waals surface area contributed by atoms with Crippen LogP contribution in [0.4, 0.5) is 0 Å². The normalized spacial score (nSPS) is 18.9. The SMILES string of the molecule is CC(O)CN(Cc1nnc(C(C)C)o1)C1CCCCC1. The van der Waals surface area contributed by atoms with Crippen molar-refractivity contribution in [2.45, 2.75) is 77.5 Å². The lowest BCUT2D eigenvalue weighted by atomic mass is 9.94. The van der Waals surface area contributed by atoms with Crippen LogP contribution in [0, 0.1) is 0 Å². The van der Waals surface area contributed by atoms with Crippen molar-refractivity contribution in [3.8, 4) is 0 Å². The van der Waals surface area contributed by atoms with Gasteiger partial charge >= 0.3 is 0 Å². The number of aliphatic hydroxyl groups excluding tert-OH is 1. The second-order valence-electron chi connectivity index (χ2n) is 6.26. The lowest BCUT2D eigenvalue weighted by Gasteiger charge is -2.34. The monoisotopic (exact) mass is 281 g/mol. The number of hydrogen-bond acceptors (Lipinski definition) is 5. The van der Waals surface area contributed by atoms with Gasteiger partial charge in [-0.05, 0) is 19.8 Å². The van der Waals surface area contributed by atoms with Crippen LogP contribution in [0.15, 0.2) is 4.42 Å². The molecule has 0 amide bonds. The Morgan fingerprint density at radius 1 is 1.20 bits per heavy atom. The summed E-state index contributed by atoms with van der Waals surface area (Å²) in [6.07, 6.45) is 5.97. The third-order valence-electron chi connectivity index (χ3n) is 3.90. The Kier molecular flexibility index (Phi) is 5.54. The van der Waals surface area contributed by atoms with Crippen LogP contribution in [0.1, 0.15) is 70.6 Å². The molecule has 0 radical (unpaired) electrons. The van der Waals surface area contributed by atoms with Crippen molar-refractivity contribution >= 4 is 0 Å². The molecule has 0 spiro atoms. The average molecular weight is 281 g/mol. The van der Waals surface area contributed by atoms with E-state index in [0.717, 1.165) is 0 Å². The zero-order valence-electron chi connectivity index (χ0n) is 12.9. The highest BCUT2D eigenvalue weighted by molar-refractivity contribution is 4.89. The van der Waals surface area contributed by atoms with Gasteiger partial charge in [-0.2, -0.15) is 0 Å². The Morgan fingerprint density at radius 2 is 1.90 bits per heavy atom. The summed E-state index contributed by atoms with van der Waals surface area (Å²) >= 11 is 0. The van der Waals surface area contributed by atoms with Crippen LogP contribution in [0.3, 0.4) is 0 Å². The van der Waals surface area contributed by atoms with E-state index in [0.29, 0.717) is 30.9 Å². The van der Waals surface area contributed by atoms with Crippen molar-refractivity contribution in [2.24, 2.45) is 0 Å². The van der Waals surface area contributed by atoms with Crippen LogP contribution in [-0.4, -0.2) is 38.9 Å². The molecule has 5 nitrogen and oxygen atoms in total. The van der Waals surface area contributed by atoms with E-state index >= 15 is 0 Å². The summed E-state index contributed by atoms with van der Waals surface area (Å²) in [6.45, 7) is 7.25. The second kappa shape index (κ2) is 7.18. The smallest absolute Gasteiger partial charge is 0.230 e. The second-order valence-corrected chi connectivity index (χ2v) is 6.26. The summed E-state index contributed by atoms with van der Waals surface area (Å²) in [4.78, 5) is 2.31. The fourth-order valence-corrected chi connectivity index (χ4v) is 2.87. The van der Waals surface area contributed by atoms with Crippen LogP contribution in [-0.2, 0) is 6.54 Å². The molecule has 1 N–H and O–H groups in total. The van der Waals surface area contributed by atoms with Crippen molar-refractivity contribution in [3.05, 3.63) is 11.8 Å². The van der Waals surface area contributed by atoms with Gasteiger partial charge in [0.25, 0.3) is 0 Å². The van der Waals surface area contributed by atoms with E-state index in [4.69, 9.17) is 4.42 Å². The standard InChI is InChI=1S/C15H27N3O2/c1-11(2)15-17-16-14(20-15)10-18(9-12(3)19)13-7-5-4-6-8-13/h11-13,19H,4-10H2,1-3H3. The molecule has 0 aliphatic heterocycles. The van der Waals surface area contributed by atoms with Gasteiger partial charge in [0.1, 0.15) is 0 Å². The fourth-order valence-electron chi connectivity index (χ4n) is 2.87. The average Bonchev–Trinajstić information content (AvgIpc) is 2.87. The maximum Gasteiger partial charge on any atom is 0.230 e. The lowest BCUT2D eigenvalue weighted by Crippen LogP contribution is -2.40. The quantitative estimate of drug-likeness (QED) is 0.868. The molecule has 2 rings (SSSR count). The summed E-state index contributed by atoms with van der Waals surface area (Å²) in [5.74, 6) is 1.62. The predicted octanol–water partition coefficient (Wildman–Crippen LogP) is 2.71. The third kappa shape index (κ3) is 4.28. The molecule has 114 valence electrons. The molecule has 20 heavy (non-hydrogen) atoms. The van der Waals surface area contributed by atoms with Crippen LogP contribution >= 0.6 is 0 Å². The number of rotatable bonds is 6. The van der Waals surface area contributed by atoms with Crippen molar-refractivity contribution in [1.29, 1.82) is 0 Å². The van der Waals surface area contributed by atoms with E-state index in [1.54, 1.807) is 0 Å². The van der Waals surface area contributed by atoms with Crippen LogP contribution in [0.2, 0.25) is 0 Å². The minimum absolute atomic E-state index is 0.260. The third-order valence-corrected chi connectivity index (χ3v) is 3.90.